The van der Waals surface area contributed by atoms with Crippen molar-refractivity contribution in [2.45, 2.75) is 26.8 Å². The number of nitrogens with one attached hydrogen (secondary N) is 2. The number of anilines is 1. The third kappa shape index (κ3) is 4.33. The minimum atomic E-state index is 0.0167. The largest absolute Gasteiger partial charge is 0.380 e. The number of carbonyl (C=O) groups is 1. The third-order valence-electron chi connectivity index (χ3n) is 3.48. The van der Waals surface area contributed by atoms with Crippen molar-refractivity contribution >= 4 is 22.9 Å². The fraction of sp³-hybridized carbons (Fsp3) is 0.353. The third-order valence-corrected chi connectivity index (χ3v) is 4.50. The van der Waals surface area contributed by atoms with Gasteiger partial charge in [-0.25, -0.2) is 0 Å². The smallest absolute Gasteiger partial charge is 0.261 e. The molecule has 0 saturated heterocycles. The summed E-state index contributed by atoms with van der Waals surface area (Å²) in [6.45, 7) is 6.89. The summed E-state index contributed by atoms with van der Waals surface area (Å²) in [4.78, 5) is 13.0. The lowest BCUT2D eigenvalue weighted by molar-refractivity contribution is 0.0954. The molecular weight excluding hydrogens is 280 g/mol. The van der Waals surface area contributed by atoms with E-state index >= 15 is 0 Å². The van der Waals surface area contributed by atoms with Crippen LogP contribution in [0, 0.1) is 12.8 Å². The molecule has 0 spiro atoms. The maximum Gasteiger partial charge on any atom is 0.261 e. The summed E-state index contributed by atoms with van der Waals surface area (Å²) in [6, 6.07) is 12.3. The van der Waals surface area contributed by atoms with Crippen LogP contribution in [-0.4, -0.2) is 18.5 Å². The molecule has 21 heavy (non-hydrogen) atoms. The SMILES string of the molecule is Cc1ccsc1C(=O)NC[C@H](Nc1ccccc1)C(C)C. The Labute approximate surface area is 130 Å². The topological polar surface area (TPSA) is 41.1 Å². The van der Waals surface area contributed by atoms with Crippen molar-refractivity contribution in [1.29, 1.82) is 0 Å². The van der Waals surface area contributed by atoms with Crippen LogP contribution in [0.1, 0.15) is 29.1 Å². The molecule has 0 radical (unpaired) electrons. The van der Waals surface area contributed by atoms with Crippen molar-refractivity contribution < 1.29 is 4.79 Å². The number of thiophene rings is 1. The molecule has 2 aromatic rings. The molecule has 0 saturated carbocycles. The van der Waals surface area contributed by atoms with Gasteiger partial charge < -0.3 is 10.6 Å². The van der Waals surface area contributed by atoms with Crippen LogP contribution >= 0.6 is 11.3 Å². The number of para-hydroxylation sites is 1. The fourth-order valence-corrected chi connectivity index (χ4v) is 2.93. The normalized spacial score (nSPS) is 12.2. The molecule has 1 atom stereocenters. The van der Waals surface area contributed by atoms with Gasteiger partial charge in [-0.2, -0.15) is 0 Å². The molecule has 3 nitrogen and oxygen atoms in total. The molecule has 0 fully saturated rings. The lowest BCUT2D eigenvalue weighted by Crippen LogP contribution is -2.39. The Morgan fingerprint density at radius 2 is 1.90 bits per heavy atom. The Bertz CT molecular complexity index is 577. The Morgan fingerprint density at radius 1 is 1.19 bits per heavy atom. The van der Waals surface area contributed by atoms with Crippen LogP contribution in [0.5, 0.6) is 0 Å². The first-order valence-corrected chi connectivity index (χ1v) is 8.09. The predicted molar refractivity (Wildman–Crippen MR) is 90.1 cm³/mol. The van der Waals surface area contributed by atoms with Crippen molar-refractivity contribution in [3.8, 4) is 0 Å². The molecule has 1 aromatic carbocycles. The van der Waals surface area contributed by atoms with E-state index < -0.39 is 0 Å². The van der Waals surface area contributed by atoms with Crippen LogP contribution < -0.4 is 10.6 Å². The Kier molecular flexibility index (Phi) is 5.39. The molecule has 0 aliphatic heterocycles. The van der Waals surface area contributed by atoms with Gasteiger partial charge in [-0.1, -0.05) is 32.0 Å². The van der Waals surface area contributed by atoms with Gasteiger partial charge in [0.05, 0.1) is 4.88 Å². The van der Waals surface area contributed by atoms with Crippen LogP contribution in [0.4, 0.5) is 5.69 Å². The van der Waals surface area contributed by atoms with Gasteiger partial charge in [0.25, 0.3) is 5.91 Å². The molecule has 0 aliphatic carbocycles. The van der Waals surface area contributed by atoms with Gasteiger partial charge in [-0.05, 0) is 42.0 Å². The van der Waals surface area contributed by atoms with Crippen LogP contribution in [0.2, 0.25) is 0 Å². The van der Waals surface area contributed by atoms with Crippen molar-refractivity contribution in [3.05, 3.63) is 52.2 Å². The number of aryl methyl sites for hydroxylation is 1. The number of carbonyl (C=O) groups excluding carboxylic acids is 1. The van der Waals surface area contributed by atoms with Gasteiger partial charge >= 0.3 is 0 Å². The van der Waals surface area contributed by atoms with Gasteiger partial charge in [0.2, 0.25) is 0 Å². The zero-order chi connectivity index (χ0) is 15.2. The van der Waals surface area contributed by atoms with E-state index in [4.69, 9.17) is 0 Å². The van der Waals surface area contributed by atoms with Gasteiger partial charge in [-0.3, -0.25) is 4.79 Å². The molecule has 0 bridgehead atoms. The quantitative estimate of drug-likeness (QED) is 0.849. The second-order valence-corrected chi connectivity index (χ2v) is 6.42. The molecule has 1 heterocycles. The molecule has 1 aromatic heterocycles. The summed E-state index contributed by atoms with van der Waals surface area (Å²) in [6.07, 6.45) is 0. The van der Waals surface area contributed by atoms with E-state index in [-0.39, 0.29) is 11.9 Å². The Hall–Kier alpha value is -1.81. The Morgan fingerprint density at radius 3 is 2.48 bits per heavy atom. The summed E-state index contributed by atoms with van der Waals surface area (Å²) < 4.78 is 0. The summed E-state index contributed by atoms with van der Waals surface area (Å²) in [5.41, 5.74) is 2.12. The maximum absolute atomic E-state index is 12.2. The van der Waals surface area contributed by atoms with Crippen molar-refractivity contribution in [2.24, 2.45) is 5.92 Å². The monoisotopic (exact) mass is 302 g/mol. The number of rotatable bonds is 6. The summed E-state index contributed by atoms with van der Waals surface area (Å²) in [7, 11) is 0. The highest BCUT2D eigenvalue weighted by Gasteiger charge is 2.16. The summed E-state index contributed by atoms with van der Waals surface area (Å²) in [5.74, 6) is 0.443. The molecule has 0 unspecified atom stereocenters. The van der Waals surface area contributed by atoms with Gasteiger partial charge in [0.15, 0.2) is 0 Å². The zero-order valence-electron chi connectivity index (χ0n) is 12.7. The standard InChI is InChI=1S/C17H22N2OS/c1-12(2)15(19-14-7-5-4-6-8-14)11-18-17(20)16-13(3)9-10-21-16/h4-10,12,15,19H,11H2,1-3H3,(H,18,20)/t15-/m0/s1. The lowest BCUT2D eigenvalue weighted by Gasteiger charge is -2.24. The summed E-state index contributed by atoms with van der Waals surface area (Å²) in [5, 5.41) is 8.47. The van der Waals surface area contributed by atoms with E-state index in [1.165, 1.54) is 11.3 Å². The van der Waals surface area contributed by atoms with Crippen LogP contribution in [0.3, 0.4) is 0 Å². The molecule has 2 rings (SSSR count). The van der Waals surface area contributed by atoms with Gasteiger partial charge in [-0.15, -0.1) is 11.3 Å². The van der Waals surface area contributed by atoms with Gasteiger partial charge in [0.1, 0.15) is 0 Å². The molecule has 112 valence electrons. The van der Waals surface area contributed by atoms with Crippen LogP contribution in [-0.2, 0) is 0 Å². The first kappa shape index (κ1) is 15.6. The van der Waals surface area contributed by atoms with E-state index in [9.17, 15) is 4.79 Å². The highest BCUT2D eigenvalue weighted by atomic mass is 32.1. The molecule has 4 heteroatoms. The second-order valence-electron chi connectivity index (χ2n) is 5.50. The second kappa shape index (κ2) is 7.27. The number of amides is 1. The lowest BCUT2D eigenvalue weighted by atomic mass is 10.0. The van der Waals surface area contributed by atoms with Crippen molar-refractivity contribution in [2.75, 3.05) is 11.9 Å². The average molecular weight is 302 g/mol. The molecule has 2 N–H and O–H groups in total. The van der Waals surface area contributed by atoms with E-state index in [0.29, 0.717) is 12.5 Å². The highest BCUT2D eigenvalue weighted by molar-refractivity contribution is 7.12. The van der Waals surface area contributed by atoms with Crippen molar-refractivity contribution in [1.82, 2.24) is 5.32 Å². The van der Waals surface area contributed by atoms with E-state index in [2.05, 4.69) is 24.5 Å². The maximum atomic E-state index is 12.2. The summed E-state index contributed by atoms with van der Waals surface area (Å²) >= 11 is 1.49. The highest BCUT2D eigenvalue weighted by Crippen LogP contribution is 2.16. The fourth-order valence-electron chi connectivity index (χ4n) is 2.09. The first-order valence-electron chi connectivity index (χ1n) is 7.22. The minimum absolute atomic E-state index is 0.0167. The Balaban J connectivity index is 1.95. The predicted octanol–water partition coefficient (Wildman–Crippen LogP) is 3.92. The number of hydrogen-bond acceptors (Lipinski definition) is 3. The zero-order valence-corrected chi connectivity index (χ0v) is 13.5. The number of benzene rings is 1. The van der Waals surface area contributed by atoms with Crippen molar-refractivity contribution in [3.63, 3.8) is 0 Å². The van der Waals surface area contributed by atoms with E-state index in [1.54, 1.807) is 0 Å². The van der Waals surface area contributed by atoms with E-state index in [0.717, 1.165) is 16.1 Å². The molecular formula is C17H22N2OS. The van der Waals surface area contributed by atoms with Gasteiger partial charge in [0, 0.05) is 18.3 Å². The first-order chi connectivity index (χ1) is 10.1. The molecule has 1 amide bonds. The minimum Gasteiger partial charge on any atom is -0.380 e. The number of hydrogen-bond donors (Lipinski definition) is 2. The van der Waals surface area contributed by atoms with E-state index in [1.807, 2.05) is 48.7 Å². The van der Waals surface area contributed by atoms with Crippen LogP contribution in [0.25, 0.3) is 0 Å². The average Bonchev–Trinajstić information content (AvgIpc) is 2.90. The van der Waals surface area contributed by atoms with Crippen LogP contribution in [0.15, 0.2) is 41.8 Å². The molecule has 0 aliphatic rings.